The predicted octanol–water partition coefficient (Wildman–Crippen LogP) is 3.72. The zero-order chi connectivity index (χ0) is 33.9. The Bertz CT molecular complexity index is 1360. The van der Waals surface area contributed by atoms with E-state index in [9.17, 15) is 19.2 Å². The minimum Gasteiger partial charge on any atom is -0.481 e. The molecule has 1 aromatic heterocycles. The molecule has 12 heteroatoms. The van der Waals surface area contributed by atoms with Gasteiger partial charge in [0, 0.05) is 87.7 Å². The molecule has 2 atom stereocenters. The molecule has 0 aliphatic carbocycles. The summed E-state index contributed by atoms with van der Waals surface area (Å²) >= 11 is 0. The van der Waals surface area contributed by atoms with Gasteiger partial charge in [-0.2, -0.15) is 0 Å². The molecule has 3 heterocycles. The van der Waals surface area contributed by atoms with Gasteiger partial charge in [0.2, 0.25) is 11.8 Å². The van der Waals surface area contributed by atoms with Gasteiger partial charge in [-0.3, -0.25) is 14.4 Å². The van der Waals surface area contributed by atoms with Gasteiger partial charge in [0.1, 0.15) is 6.29 Å². The molecule has 1 aromatic carbocycles. The summed E-state index contributed by atoms with van der Waals surface area (Å²) in [6.45, 7) is 8.53. The fourth-order valence-corrected chi connectivity index (χ4v) is 7.02. The van der Waals surface area contributed by atoms with E-state index < -0.39 is 5.97 Å². The first-order valence-corrected chi connectivity index (χ1v) is 17.1. The van der Waals surface area contributed by atoms with E-state index in [0.717, 1.165) is 19.3 Å². The molecule has 2 amide bonds. The molecule has 2 unspecified atom stereocenters. The number of fused-ring (bicyclic) bond motifs is 3. The Morgan fingerprint density at radius 2 is 1.72 bits per heavy atom. The van der Waals surface area contributed by atoms with Crippen LogP contribution in [0.2, 0.25) is 0 Å². The lowest BCUT2D eigenvalue weighted by atomic mass is 9.88. The van der Waals surface area contributed by atoms with Gasteiger partial charge in [0.15, 0.2) is 0 Å². The third kappa shape index (κ3) is 9.19. The van der Waals surface area contributed by atoms with E-state index in [4.69, 9.17) is 14.6 Å². The van der Waals surface area contributed by atoms with Crippen LogP contribution in [0.3, 0.4) is 0 Å². The van der Waals surface area contributed by atoms with E-state index in [0.29, 0.717) is 64.6 Å². The first-order chi connectivity index (χ1) is 22.7. The lowest BCUT2D eigenvalue weighted by Crippen LogP contribution is -2.50. The number of carbonyl (C=O) groups excluding carboxylic acids is 3. The summed E-state index contributed by atoms with van der Waals surface area (Å²) in [5.41, 5.74) is 3.86. The lowest BCUT2D eigenvalue weighted by Gasteiger charge is -2.43. The summed E-state index contributed by atoms with van der Waals surface area (Å²) in [6.07, 6.45) is 3.86. The number of aromatic nitrogens is 1. The van der Waals surface area contributed by atoms with Crippen LogP contribution >= 0.6 is 0 Å². The summed E-state index contributed by atoms with van der Waals surface area (Å²) in [5, 5.41) is 14.6. The van der Waals surface area contributed by atoms with Gasteiger partial charge < -0.3 is 33.7 Å². The van der Waals surface area contributed by atoms with Crippen molar-refractivity contribution in [3.63, 3.8) is 0 Å². The standard InChI is InChI=1S/C35H53N5O7/c1-5-26(2)35-34-28-9-6-7-10-29(28)40(30(34)25-36(3)37(35)4)18-14-31(42)38-16-12-27(13-17-38)39(32(43)11-8-20-41)19-22-47-24-23-46-21-15-33(44)45/h6-7,9-10,20,26-27,35H,5,8,11-19,21-25H2,1-4H3,(H,44,45). The number of nitrogens with zero attached hydrogens (tertiary/aromatic N) is 5. The number of piperidine rings is 1. The van der Waals surface area contributed by atoms with Crippen molar-refractivity contribution in [1.82, 2.24) is 24.4 Å². The monoisotopic (exact) mass is 655 g/mol. The predicted molar refractivity (Wildman–Crippen MR) is 178 cm³/mol. The summed E-state index contributed by atoms with van der Waals surface area (Å²) in [5.74, 6) is -0.393. The number of likely N-dealkylation sites (tertiary alicyclic amines) is 1. The van der Waals surface area contributed by atoms with E-state index in [1.54, 1.807) is 4.90 Å². The van der Waals surface area contributed by atoms with Crippen molar-refractivity contribution in [1.29, 1.82) is 0 Å². The van der Waals surface area contributed by atoms with Gasteiger partial charge in [0.25, 0.3) is 0 Å². The van der Waals surface area contributed by atoms with Crippen molar-refractivity contribution < 1.29 is 33.8 Å². The minimum atomic E-state index is -0.910. The second kappa shape index (κ2) is 17.7. The number of carboxylic acid groups (broad SMARTS) is 1. The summed E-state index contributed by atoms with van der Waals surface area (Å²) < 4.78 is 13.3. The highest BCUT2D eigenvalue weighted by Crippen LogP contribution is 2.42. The van der Waals surface area contributed by atoms with E-state index in [1.807, 2.05) is 4.90 Å². The number of carbonyl (C=O) groups is 4. The number of aldehydes is 1. The van der Waals surface area contributed by atoms with Crippen LogP contribution in [-0.4, -0.2) is 120 Å². The van der Waals surface area contributed by atoms with Crippen LogP contribution in [0.25, 0.3) is 10.9 Å². The second-order valence-electron chi connectivity index (χ2n) is 12.8. The average Bonchev–Trinajstić information content (AvgIpc) is 3.37. The number of hydrazine groups is 1. The maximum atomic E-state index is 13.6. The van der Waals surface area contributed by atoms with Gasteiger partial charge in [0.05, 0.1) is 45.4 Å². The number of hydrogen-bond acceptors (Lipinski definition) is 8. The molecule has 2 aromatic rings. The van der Waals surface area contributed by atoms with Gasteiger partial charge >= 0.3 is 5.97 Å². The molecule has 12 nitrogen and oxygen atoms in total. The molecule has 0 spiro atoms. The first-order valence-electron chi connectivity index (χ1n) is 17.1. The van der Waals surface area contributed by atoms with Crippen molar-refractivity contribution in [3.8, 4) is 0 Å². The highest BCUT2D eigenvalue weighted by Gasteiger charge is 2.36. The van der Waals surface area contributed by atoms with Crippen LogP contribution < -0.4 is 0 Å². The molecule has 260 valence electrons. The number of amides is 2. The average molecular weight is 656 g/mol. The zero-order valence-electron chi connectivity index (χ0n) is 28.6. The topological polar surface area (TPSA) is 125 Å². The number of ether oxygens (including phenoxy) is 2. The smallest absolute Gasteiger partial charge is 0.305 e. The highest BCUT2D eigenvalue weighted by molar-refractivity contribution is 5.87. The Balaban J connectivity index is 1.35. The van der Waals surface area contributed by atoms with Gasteiger partial charge in [-0.25, -0.2) is 10.0 Å². The fraction of sp³-hybridized carbons (Fsp3) is 0.657. The normalized spacial score (nSPS) is 18.3. The molecule has 2 aliphatic heterocycles. The largest absolute Gasteiger partial charge is 0.481 e. The van der Waals surface area contributed by atoms with Crippen LogP contribution in [0.4, 0.5) is 0 Å². The summed E-state index contributed by atoms with van der Waals surface area (Å²) in [6, 6.07) is 8.81. The van der Waals surface area contributed by atoms with E-state index in [1.165, 1.54) is 22.2 Å². The molecule has 0 saturated carbocycles. The number of carboxylic acids is 1. The van der Waals surface area contributed by atoms with E-state index in [-0.39, 0.29) is 56.4 Å². The number of benzene rings is 1. The molecule has 4 rings (SSSR count). The molecular weight excluding hydrogens is 602 g/mol. The second-order valence-corrected chi connectivity index (χ2v) is 12.8. The first kappa shape index (κ1) is 36.5. The van der Waals surface area contributed by atoms with Crippen LogP contribution in [0.1, 0.15) is 76.1 Å². The lowest BCUT2D eigenvalue weighted by molar-refractivity contribution is -0.139. The van der Waals surface area contributed by atoms with Crippen molar-refractivity contribution in [2.24, 2.45) is 5.92 Å². The summed E-state index contributed by atoms with van der Waals surface area (Å²) in [7, 11) is 4.31. The molecule has 1 fully saturated rings. The SMILES string of the molecule is CCC(C)C1c2c(n(CCC(=O)N3CCC(N(CCOCCOCCC(=O)O)C(=O)CCC=O)CC3)c3ccccc23)CN(C)N1C. The highest BCUT2D eigenvalue weighted by atomic mass is 16.5. The van der Waals surface area contributed by atoms with E-state index in [2.05, 4.69) is 66.8 Å². The molecule has 1 saturated heterocycles. The Morgan fingerprint density at radius 1 is 1.02 bits per heavy atom. The molecule has 0 bridgehead atoms. The number of rotatable bonds is 18. The van der Waals surface area contributed by atoms with Crippen molar-refractivity contribution in [3.05, 3.63) is 35.5 Å². The molecule has 1 N–H and O–H groups in total. The van der Waals surface area contributed by atoms with Gasteiger partial charge in [-0.15, -0.1) is 0 Å². The number of hydrogen-bond donors (Lipinski definition) is 1. The Hall–Kier alpha value is -3.32. The number of para-hydroxylation sites is 1. The van der Waals surface area contributed by atoms with Crippen LogP contribution in [-0.2, 0) is 41.7 Å². The molecular formula is C35H53N5O7. The quantitative estimate of drug-likeness (QED) is 0.189. The maximum Gasteiger partial charge on any atom is 0.305 e. The van der Waals surface area contributed by atoms with Gasteiger partial charge in [-0.1, -0.05) is 38.5 Å². The molecule has 2 aliphatic rings. The maximum absolute atomic E-state index is 13.6. The van der Waals surface area contributed by atoms with Crippen molar-refractivity contribution >= 4 is 35.0 Å². The third-order valence-corrected chi connectivity index (χ3v) is 9.83. The van der Waals surface area contributed by atoms with Crippen molar-refractivity contribution in [2.45, 2.75) is 84.0 Å². The Morgan fingerprint density at radius 3 is 2.40 bits per heavy atom. The molecule has 47 heavy (non-hydrogen) atoms. The van der Waals surface area contributed by atoms with Gasteiger partial charge in [-0.05, 0) is 24.8 Å². The van der Waals surface area contributed by atoms with Crippen LogP contribution in [0, 0.1) is 5.92 Å². The summed E-state index contributed by atoms with van der Waals surface area (Å²) in [4.78, 5) is 51.8. The zero-order valence-corrected chi connectivity index (χ0v) is 28.6. The van der Waals surface area contributed by atoms with Crippen LogP contribution in [0.5, 0.6) is 0 Å². The molecule has 0 radical (unpaired) electrons. The third-order valence-electron chi connectivity index (χ3n) is 9.83. The Labute approximate surface area is 278 Å². The van der Waals surface area contributed by atoms with Crippen molar-refractivity contribution in [2.75, 3.05) is 60.2 Å². The number of aliphatic carboxylic acids is 1. The minimum absolute atomic E-state index is 0.0287. The van der Waals surface area contributed by atoms with E-state index >= 15 is 0 Å². The fourth-order valence-electron chi connectivity index (χ4n) is 7.02. The van der Waals surface area contributed by atoms with Crippen LogP contribution in [0.15, 0.2) is 24.3 Å². The Kier molecular flexibility index (Phi) is 13.8. The number of aryl methyl sites for hydroxylation is 1.